The number of hydrogen-bond acceptors (Lipinski definition) is 3. The van der Waals surface area contributed by atoms with E-state index in [0.29, 0.717) is 13.0 Å². The van der Waals surface area contributed by atoms with Crippen LogP contribution < -0.4 is 5.43 Å². The normalized spacial score (nSPS) is 10.0. The number of hydrazone groups is 1. The minimum atomic E-state index is 0.477. The van der Waals surface area contributed by atoms with Crippen molar-refractivity contribution in [2.24, 2.45) is 5.10 Å². The zero-order valence-corrected chi connectivity index (χ0v) is 8.20. The molecule has 0 saturated heterocycles. The molecule has 0 unspecified atom stereocenters. The van der Waals surface area contributed by atoms with Gasteiger partial charge in [-0.25, -0.2) is 0 Å². The van der Waals surface area contributed by atoms with Crippen LogP contribution in [-0.4, -0.2) is 12.8 Å². The van der Waals surface area contributed by atoms with Crippen LogP contribution in [0.15, 0.2) is 29.4 Å². The highest BCUT2D eigenvalue weighted by molar-refractivity contribution is 5.79. The summed E-state index contributed by atoms with van der Waals surface area (Å²) in [4.78, 5) is 0. The van der Waals surface area contributed by atoms with Crippen molar-refractivity contribution >= 4 is 6.21 Å². The van der Waals surface area contributed by atoms with E-state index in [1.807, 2.05) is 37.3 Å². The Bertz CT molecular complexity index is 333. The molecule has 1 aromatic carbocycles. The lowest BCUT2D eigenvalue weighted by Gasteiger charge is -1.95. The Balaban J connectivity index is 2.37. The molecule has 1 N–H and O–H groups in total. The number of rotatable bonds is 4. The molecule has 1 rings (SSSR count). The highest BCUT2D eigenvalue weighted by atomic mass is 15.3. The lowest BCUT2D eigenvalue weighted by Crippen LogP contribution is -2.06. The van der Waals surface area contributed by atoms with E-state index in [-0.39, 0.29) is 0 Å². The van der Waals surface area contributed by atoms with Gasteiger partial charge in [-0.1, -0.05) is 29.8 Å². The third-order valence-electron chi connectivity index (χ3n) is 1.73. The zero-order valence-electron chi connectivity index (χ0n) is 8.20. The number of benzene rings is 1. The van der Waals surface area contributed by atoms with E-state index < -0.39 is 0 Å². The molecule has 0 atom stereocenters. The van der Waals surface area contributed by atoms with E-state index in [4.69, 9.17) is 5.26 Å². The van der Waals surface area contributed by atoms with Crippen molar-refractivity contribution < 1.29 is 0 Å². The van der Waals surface area contributed by atoms with Crippen LogP contribution in [0.3, 0.4) is 0 Å². The van der Waals surface area contributed by atoms with E-state index in [2.05, 4.69) is 10.5 Å². The third-order valence-corrected chi connectivity index (χ3v) is 1.73. The molecule has 0 spiro atoms. The Kier molecular flexibility index (Phi) is 4.22. The second-order valence-electron chi connectivity index (χ2n) is 2.99. The van der Waals surface area contributed by atoms with Gasteiger partial charge in [0.2, 0.25) is 0 Å². The largest absolute Gasteiger partial charge is 0.309 e. The van der Waals surface area contributed by atoms with Crippen LogP contribution in [0.2, 0.25) is 0 Å². The summed E-state index contributed by atoms with van der Waals surface area (Å²) in [6.45, 7) is 2.64. The minimum absolute atomic E-state index is 0.477. The number of aryl methyl sites for hydroxylation is 1. The van der Waals surface area contributed by atoms with Crippen molar-refractivity contribution in [1.29, 1.82) is 5.26 Å². The van der Waals surface area contributed by atoms with Gasteiger partial charge in [0, 0.05) is 6.54 Å². The maximum atomic E-state index is 8.27. The first kappa shape index (κ1) is 10.3. The van der Waals surface area contributed by atoms with Crippen molar-refractivity contribution in [1.82, 2.24) is 5.43 Å². The van der Waals surface area contributed by atoms with E-state index in [1.54, 1.807) is 6.21 Å². The topological polar surface area (TPSA) is 48.2 Å². The SMILES string of the molecule is Cc1ccc(/C=N\NCCC#N)cc1. The van der Waals surface area contributed by atoms with Crippen LogP contribution in [0, 0.1) is 18.3 Å². The predicted octanol–water partition coefficient (Wildman–Crippen LogP) is 1.83. The molecule has 0 aromatic heterocycles. The fourth-order valence-electron chi connectivity index (χ4n) is 0.949. The average Bonchev–Trinajstić information content (AvgIpc) is 2.21. The minimum Gasteiger partial charge on any atom is -0.309 e. The summed E-state index contributed by atoms with van der Waals surface area (Å²) >= 11 is 0. The Labute approximate surface area is 84.1 Å². The Morgan fingerprint density at radius 3 is 2.79 bits per heavy atom. The molecular weight excluding hydrogens is 174 g/mol. The molecule has 0 aliphatic carbocycles. The van der Waals surface area contributed by atoms with E-state index in [9.17, 15) is 0 Å². The van der Waals surface area contributed by atoms with Gasteiger partial charge in [-0.15, -0.1) is 0 Å². The van der Waals surface area contributed by atoms with Crippen molar-refractivity contribution in [3.8, 4) is 6.07 Å². The van der Waals surface area contributed by atoms with Gasteiger partial charge in [-0.2, -0.15) is 10.4 Å². The summed E-state index contributed by atoms with van der Waals surface area (Å²) in [6, 6.07) is 10.1. The van der Waals surface area contributed by atoms with E-state index >= 15 is 0 Å². The van der Waals surface area contributed by atoms with Crippen molar-refractivity contribution in [2.45, 2.75) is 13.3 Å². The fourth-order valence-corrected chi connectivity index (χ4v) is 0.949. The molecule has 3 heteroatoms. The molecule has 0 fully saturated rings. The number of nitrogens with one attached hydrogen (secondary N) is 1. The van der Waals surface area contributed by atoms with Gasteiger partial charge in [0.1, 0.15) is 0 Å². The molecule has 0 saturated carbocycles. The smallest absolute Gasteiger partial charge is 0.0640 e. The van der Waals surface area contributed by atoms with E-state index in [0.717, 1.165) is 5.56 Å². The quantitative estimate of drug-likeness (QED) is 0.444. The second kappa shape index (κ2) is 5.76. The first-order valence-electron chi connectivity index (χ1n) is 4.52. The van der Waals surface area contributed by atoms with Crippen LogP contribution in [-0.2, 0) is 0 Å². The molecule has 0 bridgehead atoms. The molecule has 0 radical (unpaired) electrons. The monoisotopic (exact) mass is 187 g/mol. The number of nitrogens with zero attached hydrogens (tertiary/aromatic N) is 2. The van der Waals surface area contributed by atoms with Gasteiger partial charge >= 0.3 is 0 Å². The van der Waals surface area contributed by atoms with Gasteiger partial charge in [0.05, 0.1) is 18.7 Å². The van der Waals surface area contributed by atoms with Gasteiger partial charge in [-0.3, -0.25) is 0 Å². The second-order valence-corrected chi connectivity index (χ2v) is 2.99. The summed E-state index contributed by atoms with van der Waals surface area (Å²) in [7, 11) is 0. The molecule has 1 aromatic rings. The Morgan fingerprint density at radius 2 is 2.14 bits per heavy atom. The molecule has 0 heterocycles. The molecule has 72 valence electrons. The van der Waals surface area contributed by atoms with Gasteiger partial charge in [0.15, 0.2) is 0 Å². The summed E-state index contributed by atoms with van der Waals surface area (Å²) in [6.07, 6.45) is 2.22. The standard InChI is InChI=1S/C11H13N3/c1-10-3-5-11(6-4-10)9-14-13-8-2-7-12/h3-6,9,13H,2,8H2,1H3/b14-9-. The summed E-state index contributed by atoms with van der Waals surface area (Å²) in [5, 5.41) is 12.3. The van der Waals surface area contributed by atoms with Crippen LogP contribution >= 0.6 is 0 Å². The summed E-state index contributed by atoms with van der Waals surface area (Å²) in [5.41, 5.74) is 5.09. The number of hydrogen-bond donors (Lipinski definition) is 1. The summed E-state index contributed by atoms with van der Waals surface area (Å²) < 4.78 is 0. The van der Waals surface area contributed by atoms with Gasteiger partial charge in [0.25, 0.3) is 0 Å². The van der Waals surface area contributed by atoms with Crippen LogP contribution in [0.25, 0.3) is 0 Å². The molecule has 14 heavy (non-hydrogen) atoms. The van der Waals surface area contributed by atoms with Crippen LogP contribution in [0.4, 0.5) is 0 Å². The first-order valence-corrected chi connectivity index (χ1v) is 4.52. The Morgan fingerprint density at radius 1 is 1.43 bits per heavy atom. The average molecular weight is 187 g/mol. The lowest BCUT2D eigenvalue weighted by atomic mass is 10.2. The zero-order chi connectivity index (χ0) is 10.2. The highest BCUT2D eigenvalue weighted by Crippen LogP contribution is 1.99. The van der Waals surface area contributed by atoms with Gasteiger partial charge < -0.3 is 5.43 Å². The van der Waals surface area contributed by atoms with Crippen molar-refractivity contribution in [2.75, 3.05) is 6.54 Å². The van der Waals surface area contributed by atoms with Crippen molar-refractivity contribution in [3.05, 3.63) is 35.4 Å². The van der Waals surface area contributed by atoms with Crippen LogP contribution in [0.1, 0.15) is 17.5 Å². The molecular formula is C11H13N3. The molecule has 0 amide bonds. The molecule has 0 aliphatic heterocycles. The predicted molar refractivity (Wildman–Crippen MR) is 57.0 cm³/mol. The fraction of sp³-hybridized carbons (Fsp3) is 0.273. The number of nitriles is 1. The van der Waals surface area contributed by atoms with Crippen LogP contribution in [0.5, 0.6) is 0 Å². The highest BCUT2D eigenvalue weighted by Gasteiger charge is 1.86. The maximum absolute atomic E-state index is 8.27. The van der Waals surface area contributed by atoms with E-state index in [1.165, 1.54) is 5.56 Å². The van der Waals surface area contributed by atoms with Crippen molar-refractivity contribution in [3.63, 3.8) is 0 Å². The molecule has 0 aliphatic rings. The molecule has 3 nitrogen and oxygen atoms in total. The maximum Gasteiger partial charge on any atom is 0.0640 e. The third kappa shape index (κ3) is 3.72. The van der Waals surface area contributed by atoms with Gasteiger partial charge in [-0.05, 0) is 12.5 Å². The lowest BCUT2D eigenvalue weighted by molar-refractivity contribution is 0.750. The first-order chi connectivity index (χ1) is 6.83. The Hall–Kier alpha value is -1.82. The summed E-state index contributed by atoms with van der Waals surface area (Å²) in [5.74, 6) is 0.